The molecule has 3 rings (SSSR count). The van der Waals surface area contributed by atoms with Crippen molar-refractivity contribution in [2.75, 3.05) is 18.0 Å². The first kappa shape index (κ1) is 11.9. The fourth-order valence-corrected chi connectivity index (χ4v) is 2.75. The molecule has 0 bridgehead atoms. The van der Waals surface area contributed by atoms with Crippen LogP contribution in [-0.4, -0.2) is 29.1 Å². The molecule has 2 aromatic rings. The largest absolute Gasteiger partial charge is 0.368 e. The summed E-state index contributed by atoms with van der Waals surface area (Å²) in [5.41, 5.74) is 9.08. The lowest BCUT2D eigenvalue weighted by molar-refractivity contribution is 0.566. The summed E-state index contributed by atoms with van der Waals surface area (Å²) in [4.78, 5) is 11.2. The number of nitrogens with two attached hydrogens (primary N) is 1. The molecular formula is C13H15BrN4. The summed E-state index contributed by atoms with van der Waals surface area (Å²) in [5, 5.41) is 0. The Hall–Kier alpha value is -1.20. The molecule has 0 aliphatic carbocycles. The Morgan fingerprint density at radius 1 is 1.39 bits per heavy atom. The van der Waals surface area contributed by atoms with E-state index in [2.05, 4.69) is 37.7 Å². The first-order chi connectivity index (χ1) is 8.65. The average molecular weight is 307 g/mol. The van der Waals surface area contributed by atoms with Gasteiger partial charge in [0.2, 0.25) is 0 Å². The van der Waals surface area contributed by atoms with Crippen LogP contribution in [0.4, 0.5) is 5.69 Å². The van der Waals surface area contributed by atoms with Gasteiger partial charge in [-0.25, -0.2) is 0 Å². The number of aromatic nitrogens is 2. The van der Waals surface area contributed by atoms with Gasteiger partial charge in [-0.05, 0) is 34.0 Å². The number of hydrogen-bond donors (Lipinski definition) is 1. The zero-order chi connectivity index (χ0) is 12.7. The summed E-state index contributed by atoms with van der Waals surface area (Å²) >= 11 is 3.42. The van der Waals surface area contributed by atoms with Crippen LogP contribution in [-0.2, 0) is 0 Å². The number of hydrogen-bond acceptors (Lipinski definition) is 4. The normalized spacial score (nSPS) is 23.8. The number of fused-ring (bicyclic) bond motifs is 1. The lowest BCUT2D eigenvalue weighted by Gasteiger charge is -2.19. The second kappa shape index (κ2) is 4.48. The standard InChI is InChI=1S/C13H15BrN4/c1-8-6-18(7-10(8)15)12-2-3-16-11-4-9(14)5-17-13(11)12/h2-5,8,10H,6-7,15H2,1H3. The number of rotatable bonds is 1. The van der Waals surface area contributed by atoms with Crippen molar-refractivity contribution >= 4 is 32.7 Å². The van der Waals surface area contributed by atoms with E-state index in [1.165, 1.54) is 0 Å². The van der Waals surface area contributed by atoms with Crippen LogP contribution in [0.5, 0.6) is 0 Å². The van der Waals surface area contributed by atoms with Crippen molar-refractivity contribution in [3.8, 4) is 0 Å². The highest BCUT2D eigenvalue weighted by Gasteiger charge is 2.27. The maximum Gasteiger partial charge on any atom is 0.112 e. The Kier molecular flexibility index (Phi) is 2.95. The monoisotopic (exact) mass is 306 g/mol. The van der Waals surface area contributed by atoms with Crippen LogP contribution in [0.2, 0.25) is 0 Å². The molecule has 2 aromatic heterocycles. The van der Waals surface area contributed by atoms with Gasteiger partial charge in [0, 0.05) is 36.0 Å². The quantitative estimate of drug-likeness (QED) is 0.877. The van der Waals surface area contributed by atoms with E-state index in [1.54, 1.807) is 0 Å². The molecule has 0 aromatic carbocycles. The maximum atomic E-state index is 6.09. The van der Waals surface area contributed by atoms with Gasteiger partial charge in [0.15, 0.2) is 0 Å². The van der Waals surface area contributed by atoms with Gasteiger partial charge in [0.1, 0.15) is 5.52 Å². The van der Waals surface area contributed by atoms with Gasteiger partial charge in [-0.3, -0.25) is 9.97 Å². The molecule has 2 atom stereocenters. The highest BCUT2D eigenvalue weighted by molar-refractivity contribution is 9.10. The minimum absolute atomic E-state index is 0.240. The third-order valence-electron chi connectivity index (χ3n) is 3.53. The summed E-state index contributed by atoms with van der Waals surface area (Å²) < 4.78 is 0.950. The zero-order valence-corrected chi connectivity index (χ0v) is 11.8. The van der Waals surface area contributed by atoms with Gasteiger partial charge >= 0.3 is 0 Å². The molecule has 1 aliphatic heterocycles. The van der Waals surface area contributed by atoms with Crippen LogP contribution < -0.4 is 10.6 Å². The van der Waals surface area contributed by atoms with Gasteiger partial charge in [-0.15, -0.1) is 0 Å². The fourth-order valence-electron chi connectivity index (χ4n) is 2.44. The molecule has 0 amide bonds. The van der Waals surface area contributed by atoms with E-state index in [0.29, 0.717) is 5.92 Å². The van der Waals surface area contributed by atoms with Gasteiger partial charge in [0.25, 0.3) is 0 Å². The van der Waals surface area contributed by atoms with Gasteiger partial charge in [0.05, 0.1) is 11.2 Å². The Morgan fingerprint density at radius 2 is 2.22 bits per heavy atom. The second-order valence-corrected chi connectivity index (χ2v) is 5.81. The molecule has 94 valence electrons. The first-order valence-corrected chi connectivity index (χ1v) is 6.85. The van der Waals surface area contributed by atoms with Crippen molar-refractivity contribution in [3.63, 3.8) is 0 Å². The van der Waals surface area contributed by atoms with Crippen LogP contribution in [0.25, 0.3) is 11.0 Å². The first-order valence-electron chi connectivity index (χ1n) is 6.06. The minimum Gasteiger partial charge on any atom is -0.368 e. The maximum absolute atomic E-state index is 6.09. The summed E-state index contributed by atoms with van der Waals surface area (Å²) in [6.45, 7) is 4.06. The third-order valence-corrected chi connectivity index (χ3v) is 3.97. The van der Waals surface area contributed by atoms with Gasteiger partial charge < -0.3 is 10.6 Å². The molecule has 2 unspecified atom stereocenters. The van der Waals surface area contributed by atoms with Gasteiger partial charge in [-0.1, -0.05) is 6.92 Å². The molecule has 0 saturated carbocycles. The van der Waals surface area contributed by atoms with Crippen LogP contribution in [0.3, 0.4) is 0 Å². The Bertz CT molecular complexity index is 576. The molecule has 18 heavy (non-hydrogen) atoms. The van der Waals surface area contributed by atoms with E-state index in [9.17, 15) is 0 Å². The van der Waals surface area contributed by atoms with Crippen LogP contribution in [0.1, 0.15) is 6.92 Å². The predicted molar refractivity (Wildman–Crippen MR) is 76.6 cm³/mol. The van der Waals surface area contributed by atoms with Gasteiger partial charge in [-0.2, -0.15) is 0 Å². The van der Waals surface area contributed by atoms with Crippen molar-refractivity contribution in [1.82, 2.24) is 9.97 Å². The lowest BCUT2D eigenvalue weighted by Crippen LogP contribution is -2.28. The van der Waals surface area contributed by atoms with Crippen molar-refractivity contribution in [1.29, 1.82) is 0 Å². The second-order valence-electron chi connectivity index (χ2n) is 4.90. The van der Waals surface area contributed by atoms with Crippen LogP contribution in [0.15, 0.2) is 29.0 Å². The third kappa shape index (κ3) is 1.97. The fraction of sp³-hybridized carbons (Fsp3) is 0.385. The minimum atomic E-state index is 0.240. The van der Waals surface area contributed by atoms with E-state index in [1.807, 2.05) is 24.5 Å². The average Bonchev–Trinajstić information content (AvgIpc) is 2.68. The van der Waals surface area contributed by atoms with E-state index in [-0.39, 0.29) is 6.04 Å². The van der Waals surface area contributed by atoms with E-state index in [4.69, 9.17) is 5.73 Å². The molecule has 4 nitrogen and oxygen atoms in total. The zero-order valence-electron chi connectivity index (χ0n) is 10.2. The van der Waals surface area contributed by atoms with Crippen LogP contribution >= 0.6 is 15.9 Å². The highest BCUT2D eigenvalue weighted by Crippen LogP contribution is 2.29. The summed E-state index contributed by atoms with van der Waals surface area (Å²) in [6, 6.07) is 4.25. The predicted octanol–water partition coefficient (Wildman–Crippen LogP) is 2.18. The summed E-state index contributed by atoms with van der Waals surface area (Å²) in [5.74, 6) is 0.517. The van der Waals surface area contributed by atoms with Crippen molar-refractivity contribution in [2.45, 2.75) is 13.0 Å². The molecule has 1 aliphatic rings. The summed E-state index contributed by atoms with van der Waals surface area (Å²) in [6.07, 6.45) is 3.65. The molecule has 1 fully saturated rings. The molecule has 0 radical (unpaired) electrons. The molecule has 0 spiro atoms. The summed E-state index contributed by atoms with van der Waals surface area (Å²) in [7, 11) is 0. The van der Waals surface area contributed by atoms with Crippen molar-refractivity contribution in [3.05, 3.63) is 29.0 Å². The number of anilines is 1. The Labute approximate surface area is 114 Å². The van der Waals surface area contributed by atoms with Crippen molar-refractivity contribution < 1.29 is 0 Å². The molecule has 5 heteroatoms. The van der Waals surface area contributed by atoms with E-state index >= 15 is 0 Å². The smallest absolute Gasteiger partial charge is 0.112 e. The topological polar surface area (TPSA) is 55.0 Å². The highest BCUT2D eigenvalue weighted by atomic mass is 79.9. The molecule has 1 saturated heterocycles. The molecular weight excluding hydrogens is 292 g/mol. The Morgan fingerprint density at radius 3 is 2.94 bits per heavy atom. The van der Waals surface area contributed by atoms with Crippen molar-refractivity contribution in [2.24, 2.45) is 11.7 Å². The molecule has 2 N–H and O–H groups in total. The lowest BCUT2D eigenvalue weighted by atomic mass is 10.1. The van der Waals surface area contributed by atoms with E-state index in [0.717, 1.165) is 34.3 Å². The number of nitrogens with zero attached hydrogens (tertiary/aromatic N) is 3. The SMILES string of the molecule is CC1CN(c2ccnc3cc(Br)cnc23)CC1N. The number of pyridine rings is 2. The van der Waals surface area contributed by atoms with Crippen LogP contribution in [0, 0.1) is 5.92 Å². The molecule has 3 heterocycles. The number of halogens is 1. The van der Waals surface area contributed by atoms with E-state index < -0.39 is 0 Å². The Balaban J connectivity index is 2.07.